The van der Waals surface area contributed by atoms with Crippen LogP contribution < -0.4 is 5.32 Å². The van der Waals surface area contributed by atoms with E-state index in [0.717, 1.165) is 23.4 Å². The third-order valence-corrected chi connectivity index (χ3v) is 3.35. The Balaban J connectivity index is 2.44. The van der Waals surface area contributed by atoms with E-state index in [4.69, 9.17) is 11.6 Å². The summed E-state index contributed by atoms with van der Waals surface area (Å²) in [4.78, 5) is 16.7. The molecule has 0 bridgehead atoms. The smallest absolute Gasteiger partial charge is 0.240 e. The number of carbonyl (C=O) groups is 1. The molecule has 0 radical (unpaired) electrons. The molecule has 0 aliphatic heterocycles. The van der Waals surface area contributed by atoms with Crippen molar-refractivity contribution in [3.63, 3.8) is 0 Å². The van der Waals surface area contributed by atoms with E-state index >= 15 is 0 Å². The fourth-order valence-electron chi connectivity index (χ4n) is 2.36. The maximum Gasteiger partial charge on any atom is 0.240 e. The Morgan fingerprint density at radius 1 is 1.38 bits per heavy atom. The number of carbonyl (C=O) groups excluding carboxylic acids is 1. The minimum Gasteiger partial charge on any atom is -0.350 e. The summed E-state index contributed by atoms with van der Waals surface area (Å²) in [6, 6.07) is 0. The van der Waals surface area contributed by atoms with Crippen molar-refractivity contribution in [2.45, 2.75) is 59.1 Å². The molecule has 0 aliphatic carbocycles. The Kier molecular flexibility index (Phi) is 4.27. The lowest BCUT2D eigenvalue weighted by atomic mass is 10.1. The van der Waals surface area contributed by atoms with Crippen LogP contribution in [0.2, 0.25) is 0 Å². The van der Waals surface area contributed by atoms with Gasteiger partial charge in [0.2, 0.25) is 5.91 Å². The van der Waals surface area contributed by atoms with Gasteiger partial charge in [0, 0.05) is 12.1 Å². The first kappa shape index (κ1) is 15.8. The summed E-state index contributed by atoms with van der Waals surface area (Å²) in [5, 5.41) is 7.40. The average Bonchev–Trinajstić information content (AvgIpc) is 2.86. The van der Waals surface area contributed by atoms with Crippen molar-refractivity contribution < 1.29 is 4.79 Å². The van der Waals surface area contributed by atoms with Gasteiger partial charge in [-0.2, -0.15) is 5.10 Å². The Morgan fingerprint density at radius 3 is 2.57 bits per heavy atom. The van der Waals surface area contributed by atoms with Gasteiger partial charge in [-0.3, -0.25) is 4.79 Å². The number of hydrogen-bond acceptors (Lipinski definition) is 3. The third-order valence-electron chi connectivity index (χ3n) is 3.11. The number of hydrogen-bond donors (Lipinski definition) is 1. The molecule has 2 rings (SSSR count). The van der Waals surface area contributed by atoms with Crippen molar-refractivity contribution in [1.82, 2.24) is 24.6 Å². The van der Waals surface area contributed by atoms with Crippen LogP contribution >= 0.6 is 11.6 Å². The number of rotatable bonds is 4. The van der Waals surface area contributed by atoms with E-state index in [1.54, 1.807) is 0 Å². The number of imidazole rings is 1. The molecule has 0 aliphatic rings. The number of halogens is 1. The fourth-order valence-corrected chi connectivity index (χ4v) is 2.56. The van der Waals surface area contributed by atoms with E-state index in [-0.39, 0.29) is 23.9 Å². The van der Waals surface area contributed by atoms with E-state index in [1.165, 1.54) is 0 Å². The first-order valence-electron chi connectivity index (χ1n) is 7.06. The van der Waals surface area contributed by atoms with Crippen molar-refractivity contribution in [2.75, 3.05) is 0 Å². The first-order chi connectivity index (χ1) is 9.76. The maximum atomic E-state index is 12.2. The van der Waals surface area contributed by atoms with Crippen LogP contribution in [0.5, 0.6) is 0 Å². The van der Waals surface area contributed by atoms with Gasteiger partial charge in [0.05, 0.1) is 11.6 Å². The number of alkyl halides is 1. The minimum atomic E-state index is -0.265. The topological polar surface area (TPSA) is 64.7 Å². The SMILES string of the molecule is CCn1nc(C)c2nc(CCl)n(CC(=O)NC(C)(C)C)c21. The monoisotopic (exact) mass is 311 g/mol. The normalized spacial score (nSPS) is 12.1. The molecule has 1 amide bonds. The molecule has 0 fully saturated rings. The Bertz CT molecular complexity index is 665. The maximum absolute atomic E-state index is 12.2. The van der Waals surface area contributed by atoms with Gasteiger partial charge in [-0.1, -0.05) is 0 Å². The molecule has 0 aromatic carbocycles. The summed E-state index contributed by atoms with van der Waals surface area (Å²) in [6.45, 7) is 10.7. The standard InChI is InChI=1S/C14H22ClN5O/c1-6-20-13-12(9(2)18-20)16-10(7-15)19(13)8-11(21)17-14(3,4)5/h6-8H2,1-5H3,(H,17,21). The molecular formula is C14H22ClN5O. The number of nitrogens with zero attached hydrogens (tertiary/aromatic N) is 4. The molecule has 2 aromatic heterocycles. The molecular weight excluding hydrogens is 290 g/mol. The highest BCUT2D eigenvalue weighted by Gasteiger charge is 2.21. The Labute approximate surface area is 129 Å². The van der Waals surface area contributed by atoms with Crippen LogP contribution in [0.1, 0.15) is 39.2 Å². The molecule has 0 saturated heterocycles. The number of aryl methyl sites for hydroxylation is 2. The number of aromatic nitrogens is 4. The van der Waals surface area contributed by atoms with Crippen molar-refractivity contribution in [3.05, 3.63) is 11.5 Å². The summed E-state index contributed by atoms with van der Waals surface area (Å²) in [5.41, 5.74) is 2.26. The predicted octanol–water partition coefficient (Wildman–Crippen LogP) is 2.21. The molecule has 2 aromatic rings. The van der Waals surface area contributed by atoms with E-state index < -0.39 is 0 Å². The zero-order valence-electron chi connectivity index (χ0n) is 13.2. The highest BCUT2D eigenvalue weighted by molar-refractivity contribution is 6.16. The average molecular weight is 312 g/mol. The largest absolute Gasteiger partial charge is 0.350 e. The van der Waals surface area contributed by atoms with Gasteiger partial charge in [-0.15, -0.1) is 11.6 Å². The second-order valence-electron chi connectivity index (χ2n) is 6.12. The molecule has 0 atom stereocenters. The van der Waals surface area contributed by atoms with Gasteiger partial charge in [-0.05, 0) is 34.6 Å². The molecule has 1 N–H and O–H groups in total. The zero-order chi connectivity index (χ0) is 15.8. The molecule has 6 nitrogen and oxygen atoms in total. The highest BCUT2D eigenvalue weighted by Crippen LogP contribution is 2.21. The molecule has 116 valence electrons. The van der Waals surface area contributed by atoms with Gasteiger partial charge in [0.25, 0.3) is 0 Å². The molecule has 21 heavy (non-hydrogen) atoms. The van der Waals surface area contributed by atoms with Crippen LogP contribution in [0, 0.1) is 6.92 Å². The molecule has 0 unspecified atom stereocenters. The van der Waals surface area contributed by atoms with Gasteiger partial charge >= 0.3 is 0 Å². The minimum absolute atomic E-state index is 0.0605. The van der Waals surface area contributed by atoms with Crippen LogP contribution in [0.3, 0.4) is 0 Å². The van der Waals surface area contributed by atoms with Gasteiger partial charge < -0.3 is 9.88 Å². The number of nitrogens with one attached hydrogen (secondary N) is 1. The van der Waals surface area contributed by atoms with E-state index in [9.17, 15) is 4.79 Å². The van der Waals surface area contributed by atoms with Crippen LogP contribution in [-0.2, 0) is 23.8 Å². The quantitative estimate of drug-likeness (QED) is 0.881. The molecule has 7 heteroatoms. The van der Waals surface area contributed by atoms with Crippen LogP contribution in [0.4, 0.5) is 0 Å². The van der Waals surface area contributed by atoms with E-state index in [1.807, 2.05) is 43.9 Å². The lowest BCUT2D eigenvalue weighted by molar-refractivity contribution is -0.123. The van der Waals surface area contributed by atoms with E-state index in [0.29, 0.717) is 5.82 Å². The van der Waals surface area contributed by atoms with Gasteiger partial charge in [-0.25, -0.2) is 9.67 Å². The highest BCUT2D eigenvalue weighted by atomic mass is 35.5. The first-order valence-corrected chi connectivity index (χ1v) is 7.59. The van der Waals surface area contributed by atoms with Crippen LogP contribution in [0.15, 0.2) is 0 Å². The lowest BCUT2D eigenvalue weighted by Crippen LogP contribution is -2.42. The third kappa shape index (κ3) is 3.20. The van der Waals surface area contributed by atoms with E-state index in [2.05, 4.69) is 15.4 Å². The number of fused-ring (bicyclic) bond motifs is 1. The van der Waals surface area contributed by atoms with Gasteiger partial charge in [0.1, 0.15) is 17.9 Å². The molecule has 0 saturated carbocycles. The summed E-state index contributed by atoms with van der Waals surface area (Å²) < 4.78 is 3.71. The van der Waals surface area contributed by atoms with Crippen molar-refractivity contribution in [3.8, 4) is 0 Å². The summed E-state index contributed by atoms with van der Waals surface area (Å²) in [7, 11) is 0. The Hall–Kier alpha value is -1.56. The van der Waals surface area contributed by atoms with Crippen molar-refractivity contribution in [2.24, 2.45) is 0 Å². The fraction of sp³-hybridized carbons (Fsp3) is 0.643. The summed E-state index contributed by atoms with van der Waals surface area (Å²) in [6.07, 6.45) is 0. The van der Waals surface area contributed by atoms with Gasteiger partial charge in [0.15, 0.2) is 5.65 Å². The summed E-state index contributed by atoms with van der Waals surface area (Å²) in [5.74, 6) is 0.897. The second-order valence-corrected chi connectivity index (χ2v) is 6.39. The lowest BCUT2D eigenvalue weighted by Gasteiger charge is -2.21. The molecule has 2 heterocycles. The van der Waals surface area contributed by atoms with Crippen molar-refractivity contribution >= 4 is 28.7 Å². The molecule has 0 spiro atoms. The zero-order valence-corrected chi connectivity index (χ0v) is 14.0. The predicted molar refractivity (Wildman–Crippen MR) is 83.4 cm³/mol. The summed E-state index contributed by atoms with van der Waals surface area (Å²) >= 11 is 5.98. The Morgan fingerprint density at radius 2 is 2.05 bits per heavy atom. The van der Waals surface area contributed by atoms with Crippen LogP contribution in [-0.4, -0.2) is 30.8 Å². The van der Waals surface area contributed by atoms with Crippen LogP contribution in [0.25, 0.3) is 11.2 Å². The van der Waals surface area contributed by atoms with Crippen molar-refractivity contribution in [1.29, 1.82) is 0 Å². The number of amides is 1. The second kappa shape index (κ2) is 5.67.